The molecule has 0 bridgehead atoms. The summed E-state index contributed by atoms with van der Waals surface area (Å²) in [7, 11) is 0. The topological polar surface area (TPSA) is 40.5 Å². The molecule has 0 saturated carbocycles. The molecule has 0 fully saturated rings. The summed E-state index contributed by atoms with van der Waals surface area (Å²) in [4.78, 5) is 0. The normalized spacial score (nSPS) is 11.5. The number of hydrogen-bond acceptors (Lipinski definition) is 2. The third-order valence-electron chi connectivity index (χ3n) is 4.33. The molecule has 4 rings (SSSR count). The molecule has 4 aromatic rings. The van der Waals surface area contributed by atoms with Gasteiger partial charge in [-0.3, -0.25) is 0 Å². The summed E-state index contributed by atoms with van der Waals surface area (Å²) in [5.41, 5.74) is 1.86. The van der Waals surface area contributed by atoms with E-state index >= 15 is 0 Å². The van der Waals surface area contributed by atoms with E-state index in [2.05, 4.69) is 36.4 Å². The Balaban J connectivity index is 2.08. The number of aliphatic hydroxyl groups is 2. The van der Waals surface area contributed by atoms with Gasteiger partial charge in [0.2, 0.25) is 0 Å². The van der Waals surface area contributed by atoms with Crippen molar-refractivity contribution in [3.63, 3.8) is 0 Å². The molecule has 0 unspecified atom stereocenters. The van der Waals surface area contributed by atoms with Gasteiger partial charge in [-0.25, -0.2) is 0 Å². The van der Waals surface area contributed by atoms with Gasteiger partial charge in [0.05, 0.1) is 13.2 Å². The first kappa shape index (κ1) is 13.3. The molecule has 0 spiro atoms. The van der Waals surface area contributed by atoms with E-state index in [1.165, 1.54) is 21.5 Å². The standard InChI is InChI=1S/C20H16O2/c21-11-13-1-5-17-15(9-13)3-8-20-18-6-2-14(12-22)10-16(18)4-7-19(17)20/h1-10,21-22H,11-12H2. The van der Waals surface area contributed by atoms with Crippen LogP contribution in [0.25, 0.3) is 32.3 Å². The van der Waals surface area contributed by atoms with E-state index in [4.69, 9.17) is 0 Å². The van der Waals surface area contributed by atoms with Gasteiger partial charge in [0.15, 0.2) is 0 Å². The van der Waals surface area contributed by atoms with Crippen LogP contribution in [0.5, 0.6) is 0 Å². The fraction of sp³-hybridized carbons (Fsp3) is 0.100. The molecule has 0 aromatic heterocycles. The third-order valence-corrected chi connectivity index (χ3v) is 4.33. The van der Waals surface area contributed by atoms with Crippen LogP contribution < -0.4 is 0 Å². The summed E-state index contributed by atoms with van der Waals surface area (Å²) < 4.78 is 0. The van der Waals surface area contributed by atoms with E-state index in [0.717, 1.165) is 21.9 Å². The van der Waals surface area contributed by atoms with Crippen molar-refractivity contribution >= 4 is 32.3 Å². The molecular formula is C20H16O2. The van der Waals surface area contributed by atoms with Crippen molar-refractivity contribution in [3.8, 4) is 0 Å². The van der Waals surface area contributed by atoms with Crippen molar-refractivity contribution in [2.45, 2.75) is 13.2 Å². The zero-order valence-electron chi connectivity index (χ0n) is 12.1. The zero-order chi connectivity index (χ0) is 15.1. The molecule has 22 heavy (non-hydrogen) atoms. The van der Waals surface area contributed by atoms with E-state index in [0.29, 0.717) is 0 Å². The zero-order valence-corrected chi connectivity index (χ0v) is 12.1. The molecule has 2 N–H and O–H groups in total. The molecule has 0 amide bonds. The monoisotopic (exact) mass is 288 g/mol. The Labute approximate surface area is 128 Å². The minimum atomic E-state index is 0.0651. The maximum absolute atomic E-state index is 9.28. The van der Waals surface area contributed by atoms with Crippen LogP contribution in [0.4, 0.5) is 0 Å². The number of aliphatic hydroxyl groups excluding tert-OH is 2. The second kappa shape index (κ2) is 5.09. The first-order chi connectivity index (χ1) is 10.8. The highest BCUT2D eigenvalue weighted by Gasteiger charge is 2.06. The van der Waals surface area contributed by atoms with Gasteiger partial charge in [-0.05, 0) is 55.6 Å². The smallest absolute Gasteiger partial charge is 0.0682 e. The Morgan fingerprint density at radius 2 is 0.909 bits per heavy atom. The van der Waals surface area contributed by atoms with Crippen molar-refractivity contribution in [1.29, 1.82) is 0 Å². The molecule has 2 heteroatoms. The maximum Gasteiger partial charge on any atom is 0.0682 e. The van der Waals surface area contributed by atoms with Gasteiger partial charge in [0.1, 0.15) is 0 Å². The van der Waals surface area contributed by atoms with E-state index in [1.54, 1.807) is 0 Å². The molecule has 0 aliphatic carbocycles. The average Bonchev–Trinajstić information content (AvgIpc) is 2.59. The number of fused-ring (bicyclic) bond motifs is 5. The van der Waals surface area contributed by atoms with Crippen LogP contribution in [0.15, 0.2) is 60.7 Å². The SMILES string of the molecule is OCc1ccc2c(ccc3c4ccc(CO)cc4ccc23)c1. The Morgan fingerprint density at radius 3 is 1.32 bits per heavy atom. The van der Waals surface area contributed by atoms with E-state index < -0.39 is 0 Å². The summed E-state index contributed by atoms with van der Waals surface area (Å²) in [5, 5.41) is 25.7. The lowest BCUT2D eigenvalue weighted by Gasteiger charge is -2.09. The molecule has 2 nitrogen and oxygen atoms in total. The Kier molecular flexibility index (Phi) is 3.07. The van der Waals surface area contributed by atoms with E-state index in [9.17, 15) is 10.2 Å². The molecule has 4 aromatic carbocycles. The Bertz CT molecular complexity index is 919. The summed E-state index contributed by atoms with van der Waals surface area (Å²) in [6.45, 7) is 0.130. The fourth-order valence-electron chi connectivity index (χ4n) is 3.18. The highest BCUT2D eigenvalue weighted by Crippen LogP contribution is 2.32. The van der Waals surface area contributed by atoms with Crippen molar-refractivity contribution in [2.24, 2.45) is 0 Å². The number of rotatable bonds is 2. The largest absolute Gasteiger partial charge is 0.392 e. The second-order valence-electron chi connectivity index (χ2n) is 5.65. The molecular weight excluding hydrogens is 272 g/mol. The van der Waals surface area contributed by atoms with Crippen LogP contribution in [-0.4, -0.2) is 10.2 Å². The van der Waals surface area contributed by atoms with Crippen LogP contribution in [0.2, 0.25) is 0 Å². The van der Waals surface area contributed by atoms with Crippen LogP contribution in [0.3, 0.4) is 0 Å². The van der Waals surface area contributed by atoms with Crippen molar-refractivity contribution in [1.82, 2.24) is 0 Å². The maximum atomic E-state index is 9.28. The highest BCUT2D eigenvalue weighted by molar-refractivity contribution is 6.17. The number of benzene rings is 4. The Hall–Kier alpha value is -2.42. The predicted octanol–water partition coefficient (Wildman–Crippen LogP) is 4.13. The first-order valence-electron chi connectivity index (χ1n) is 7.39. The quantitative estimate of drug-likeness (QED) is 0.544. The minimum absolute atomic E-state index is 0.0651. The van der Waals surface area contributed by atoms with Crippen molar-refractivity contribution < 1.29 is 10.2 Å². The van der Waals surface area contributed by atoms with Gasteiger partial charge < -0.3 is 10.2 Å². The van der Waals surface area contributed by atoms with E-state index in [1.807, 2.05) is 24.3 Å². The van der Waals surface area contributed by atoms with Crippen LogP contribution in [0.1, 0.15) is 11.1 Å². The van der Waals surface area contributed by atoms with E-state index in [-0.39, 0.29) is 13.2 Å². The molecule has 0 aliphatic rings. The molecule has 108 valence electrons. The van der Waals surface area contributed by atoms with Gasteiger partial charge in [-0.1, -0.05) is 48.5 Å². The molecule has 0 radical (unpaired) electrons. The number of hydrogen-bond donors (Lipinski definition) is 2. The molecule has 0 heterocycles. The van der Waals surface area contributed by atoms with Gasteiger partial charge in [0.25, 0.3) is 0 Å². The van der Waals surface area contributed by atoms with Crippen LogP contribution >= 0.6 is 0 Å². The predicted molar refractivity (Wildman–Crippen MR) is 90.8 cm³/mol. The molecule has 0 aliphatic heterocycles. The minimum Gasteiger partial charge on any atom is -0.392 e. The summed E-state index contributed by atoms with van der Waals surface area (Å²) in [6, 6.07) is 20.7. The lowest BCUT2D eigenvalue weighted by atomic mass is 9.95. The summed E-state index contributed by atoms with van der Waals surface area (Å²) in [6.07, 6.45) is 0. The van der Waals surface area contributed by atoms with Gasteiger partial charge in [0, 0.05) is 0 Å². The average molecular weight is 288 g/mol. The lowest BCUT2D eigenvalue weighted by molar-refractivity contribution is 0.282. The van der Waals surface area contributed by atoms with Crippen LogP contribution in [-0.2, 0) is 13.2 Å². The second-order valence-corrected chi connectivity index (χ2v) is 5.65. The van der Waals surface area contributed by atoms with Crippen molar-refractivity contribution in [2.75, 3.05) is 0 Å². The van der Waals surface area contributed by atoms with Gasteiger partial charge in [-0.15, -0.1) is 0 Å². The molecule has 0 atom stereocenters. The summed E-state index contributed by atoms with van der Waals surface area (Å²) >= 11 is 0. The summed E-state index contributed by atoms with van der Waals surface area (Å²) in [5.74, 6) is 0. The van der Waals surface area contributed by atoms with Gasteiger partial charge in [-0.2, -0.15) is 0 Å². The lowest BCUT2D eigenvalue weighted by Crippen LogP contribution is -1.86. The van der Waals surface area contributed by atoms with Gasteiger partial charge >= 0.3 is 0 Å². The van der Waals surface area contributed by atoms with Crippen LogP contribution in [0, 0.1) is 0 Å². The highest BCUT2D eigenvalue weighted by atomic mass is 16.3. The molecule has 0 saturated heterocycles. The van der Waals surface area contributed by atoms with Crippen molar-refractivity contribution in [3.05, 3.63) is 71.8 Å². The Morgan fingerprint density at radius 1 is 0.500 bits per heavy atom. The first-order valence-corrected chi connectivity index (χ1v) is 7.39. The fourth-order valence-corrected chi connectivity index (χ4v) is 3.18. The third kappa shape index (κ3) is 1.97.